The van der Waals surface area contributed by atoms with Crippen molar-refractivity contribution in [1.82, 2.24) is 14.9 Å². The summed E-state index contributed by atoms with van der Waals surface area (Å²) in [5.74, 6) is 0.570. The van der Waals surface area contributed by atoms with Gasteiger partial charge in [-0.3, -0.25) is 9.59 Å². The lowest BCUT2D eigenvalue weighted by Gasteiger charge is -2.32. The van der Waals surface area contributed by atoms with Crippen LogP contribution >= 0.6 is 0 Å². The predicted octanol–water partition coefficient (Wildman–Crippen LogP) is 2.84. The first-order chi connectivity index (χ1) is 14.1. The minimum atomic E-state index is -0.500. The molecule has 29 heavy (non-hydrogen) atoms. The van der Waals surface area contributed by atoms with Crippen molar-refractivity contribution in [1.29, 1.82) is 0 Å². The second-order valence-corrected chi connectivity index (χ2v) is 7.29. The number of H-pyrrole nitrogens is 1. The molecule has 0 radical (unpaired) electrons. The number of carbonyl (C=O) groups is 2. The molecule has 0 atom stereocenters. The lowest BCUT2D eigenvalue weighted by atomic mass is 9.89. The molecular formula is C22H24N4O3. The van der Waals surface area contributed by atoms with Crippen molar-refractivity contribution in [2.45, 2.75) is 25.2 Å². The number of rotatable bonds is 6. The van der Waals surface area contributed by atoms with Crippen LogP contribution in [-0.4, -0.2) is 46.4 Å². The Hall–Kier alpha value is -3.35. The SMILES string of the molecule is NC(=O)c1cccc(OCCC(=O)N2CCC(c3c[nH]c4ncccc34)CC2)c1. The second kappa shape index (κ2) is 8.34. The van der Waals surface area contributed by atoms with E-state index in [1.807, 2.05) is 17.2 Å². The van der Waals surface area contributed by atoms with Crippen molar-refractivity contribution in [2.24, 2.45) is 5.73 Å². The molecule has 1 fully saturated rings. The number of likely N-dealkylation sites (tertiary alicyclic amines) is 1. The molecule has 7 heteroatoms. The molecule has 0 bridgehead atoms. The topological polar surface area (TPSA) is 101 Å². The van der Waals surface area contributed by atoms with Crippen molar-refractivity contribution in [3.63, 3.8) is 0 Å². The Morgan fingerprint density at radius 3 is 2.83 bits per heavy atom. The Bertz CT molecular complexity index is 1020. The monoisotopic (exact) mass is 392 g/mol. The Morgan fingerprint density at radius 2 is 2.03 bits per heavy atom. The van der Waals surface area contributed by atoms with Crippen molar-refractivity contribution >= 4 is 22.8 Å². The maximum atomic E-state index is 12.5. The Balaban J connectivity index is 1.27. The molecule has 1 aromatic carbocycles. The molecule has 0 spiro atoms. The molecule has 0 unspecified atom stereocenters. The first-order valence-corrected chi connectivity index (χ1v) is 9.84. The fourth-order valence-electron chi connectivity index (χ4n) is 3.91. The van der Waals surface area contributed by atoms with Gasteiger partial charge in [-0.05, 0) is 54.7 Å². The number of aromatic amines is 1. The number of fused-ring (bicyclic) bond motifs is 1. The zero-order valence-corrected chi connectivity index (χ0v) is 16.1. The van der Waals surface area contributed by atoms with Crippen LogP contribution in [0.3, 0.4) is 0 Å². The van der Waals surface area contributed by atoms with E-state index in [2.05, 4.69) is 16.0 Å². The highest BCUT2D eigenvalue weighted by atomic mass is 16.5. The number of nitrogens with zero attached hydrogens (tertiary/aromatic N) is 2. The van der Waals surface area contributed by atoms with Crippen LogP contribution in [0.15, 0.2) is 48.8 Å². The Labute approximate surface area is 168 Å². The van der Waals surface area contributed by atoms with Gasteiger partial charge in [0, 0.05) is 36.4 Å². The number of primary amides is 1. The third-order valence-corrected chi connectivity index (χ3v) is 5.47. The first-order valence-electron chi connectivity index (χ1n) is 9.84. The van der Waals surface area contributed by atoms with E-state index in [0.717, 1.165) is 31.6 Å². The Kier molecular flexibility index (Phi) is 5.46. The molecule has 0 saturated carbocycles. The standard InChI is InChI=1S/C22H24N4O3/c23-21(28)16-3-1-4-17(13-16)29-12-8-20(27)26-10-6-15(7-11-26)19-14-25-22-18(19)5-2-9-24-22/h1-5,9,13-15H,6-8,10-12H2,(H2,23,28)(H,24,25). The van der Waals surface area contributed by atoms with Gasteiger partial charge in [0.2, 0.25) is 11.8 Å². The molecule has 2 aromatic heterocycles. The third-order valence-electron chi connectivity index (χ3n) is 5.47. The highest BCUT2D eigenvalue weighted by Crippen LogP contribution is 2.32. The van der Waals surface area contributed by atoms with Crippen LogP contribution in [0.1, 0.15) is 41.1 Å². The molecule has 3 aromatic rings. The van der Waals surface area contributed by atoms with Gasteiger partial charge in [0.1, 0.15) is 11.4 Å². The summed E-state index contributed by atoms with van der Waals surface area (Å²) >= 11 is 0. The van der Waals surface area contributed by atoms with Crippen LogP contribution in [0, 0.1) is 0 Å². The molecule has 1 aliphatic rings. The largest absolute Gasteiger partial charge is 0.493 e. The number of nitrogens with two attached hydrogens (primary N) is 1. The molecule has 2 amide bonds. The van der Waals surface area contributed by atoms with E-state index in [9.17, 15) is 9.59 Å². The minimum absolute atomic E-state index is 0.0927. The van der Waals surface area contributed by atoms with E-state index >= 15 is 0 Å². The predicted molar refractivity (Wildman–Crippen MR) is 110 cm³/mol. The van der Waals surface area contributed by atoms with Gasteiger partial charge in [0.25, 0.3) is 0 Å². The number of carbonyl (C=O) groups excluding carboxylic acids is 2. The van der Waals surface area contributed by atoms with Gasteiger partial charge in [0.15, 0.2) is 0 Å². The summed E-state index contributed by atoms with van der Waals surface area (Å²) in [5.41, 5.74) is 7.87. The first kappa shape index (κ1) is 19.0. The zero-order chi connectivity index (χ0) is 20.2. The van der Waals surface area contributed by atoms with E-state index in [4.69, 9.17) is 10.5 Å². The van der Waals surface area contributed by atoms with E-state index < -0.39 is 5.91 Å². The normalized spacial score (nSPS) is 14.8. The average Bonchev–Trinajstić information content (AvgIpc) is 3.18. The van der Waals surface area contributed by atoms with E-state index in [0.29, 0.717) is 23.7 Å². The van der Waals surface area contributed by atoms with Crippen molar-refractivity contribution in [3.05, 3.63) is 59.9 Å². The third kappa shape index (κ3) is 4.23. The highest BCUT2D eigenvalue weighted by molar-refractivity contribution is 5.93. The lowest BCUT2D eigenvalue weighted by molar-refractivity contribution is -0.132. The molecule has 150 valence electrons. The van der Waals surface area contributed by atoms with Crippen LogP contribution < -0.4 is 10.5 Å². The fraction of sp³-hybridized carbons (Fsp3) is 0.318. The molecule has 3 N–H and O–H groups in total. The molecule has 7 nitrogen and oxygen atoms in total. The summed E-state index contributed by atoms with van der Waals surface area (Å²) in [6.07, 6.45) is 6.02. The quantitative estimate of drug-likeness (QED) is 0.673. The van der Waals surface area contributed by atoms with E-state index in [1.54, 1.807) is 30.5 Å². The summed E-state index contributed by atoms with van der Waals surface area (Å²) in [4.78, 5) is 33.3. The zero-order valence-electron chi connectivity index (χ0n) is 16.1. The number of amides is 2. The van der Waals surface area contributed by atoms with Crippen molar-refractivity contribution < 1.29 is 14.3 Å². The van der Waals surface area contributed by atoms with Gasteiger partial charge in [-0.1, -0.05) is 6.07 Å². The summed E-state index contributed by atoms with van der Waals surface area (Å²) in [5, 5.41) is 1.17. The lowest BCUT2D eigenvalue weighted by Crippen LogP contribution is -2.38. The van der Waals surface area contributed by atoms with Crippen LogP contribution in [0.5, 0.6) is 5.75 Å². The smallest absolute Gasteiger partial charge is 0.248 e. The van der Waals surface area contributed by atoms with Crippen molar-refractivity contribution in [3.8, 4) is 5.75 Å². The number of hydrogen-bond acceptors (Lipinski definition) is 4. The number of pyridine rings is 1. The van der Waals surface area contributed by atoms with Crippen LogP contribution in [-0.2, 0) is 4.79 Å². The van der Waals surface area contributed by atoms with Gasteiger partial charge in [0.05, 0.1) is 13.0 Å². The molecule has 1 saturated heterocycles. The van der Waals surface area contributed by atoms with Gasteiger partial charge >= 0.3 is 0 Å². The molecule has 3 heterocycles. The van der Waals surface area contributed by atoms with Crippen molar-refractivity contribution in [2.75, 3.05) is 19.7 Å². The van der Waals surface area contributed by atoms with Gasteiger partial charge in [-0.2, -0.15) is 0 Å². The number of nitrogens with one attached hydrogen (secondary N) is 1. The number of hydrogen-bond donors (Lipinski definition) is 2. The minimum Gasteiger partial charge on any atom is -0.493 e. The summed E-state index contributed by atoms with van der Waals surface area (Å²) in [6.45, 7) is 1.76. The van der Waals surface area contributed by atoms with Crippen LogP contribution in [0.25, 0.3) is 11.0 Å². The Morgan fingerprint density at radius 1 is 1.21 bits per heavy atom. The fourth-order valence-corrected chi connectivity index (χ4v) is 3.91. The molecule has 1 aliphatic heterocycles. The average molecular weight is 392 g/mol. The van der Waals surface area contributed by atoms with Crippen LogP contribution in [0.4, 0.5) is 0 Å². The summed E-state index contributed by atoms with van der Waals surface area (Å²) in [7, 11) is 0. The highest BCUT2D eigenvalue weighted by Gasteiger charge is 2.25. The summed E-state index contributed by atoms with van der Waals surface area (Å²) in [6, 6.07) is 10.7. The van der Waals surface area contributed by atoms with Gasteiger partial charge < -0.3 is 20.4 Å². The number of ether oxygens (including phenoxy) is 1. The maximum Gasteiger partial charge on any atom is 0.248 e. The van der Waals surface area contributed by atoms with Gasteiger partial charge in [-0.25, -0.2) is 4.98 Å². The molecule has 4 rings (SSSR count). The number of benzene rings is 1. The summed E-state index contributed by atoms with van der Waals surface area (Å²) < 4.78 is 5.62. The van der Waals surface area contributed by atoms with E-state index in [1.165, 1.54) is 10.9 Å². The van der Waals surface area contributed by atoms with E-state index in [-0.39, 0.29) is 12.5 Å². The van der Waals surface area contributed by atoms with Gasteiger partial charge in [-0.15, -0.1) is 0 Å². The maximum absolute atomic E-state index is 12.5. The second-order valence-electron chi connectivity index (χ2n) is 7.29. The number of piperidine rings is 1. The van der Waals surface area contributed by atoms with Crippen LogP contribution in [0.2, 0.25) is 0 Å². The molecule has 0 aliphatic carbocycles. The molecular weight excluding hydrogens is 368 g/mol. The number of aromatic nitrogens is 2.